The molecule has 2 rings (SSSR count). The molecule has 1 saturated carbocycles. The topological polar surface area (TPSA) is 21.3 Å². The van der Waals surface area contributed by atoms with Crippen LogP contribution in [-0.2, 0) is 0 Å². The summed E-state index contributed by atoms with van der Waals surface area (Å²) in [6.07, 6.45) is 5.36. The lowest BCUT2D eigenvalue weighted by Gasteiger charge is -2.20. The maximum absolute atomic E-state index is 5.89. The highest BCUT2D eigenvalue weighted by Gasteiger charge is 2.23. The summed E-state index contributed by atoms with van der Waals surface area (Å²) >= 11 is 0. The van der Waals surface area contributed by atoms with Crippen molar-refractivity contribution in [3.05, 3.63) is 29.8 Å². The van der Waals surface area contributed by atoms with Gasteiger partial charge in [-0.3, -0.25) is 0 Å². The summed E-state index contributed by atoms with van der Waals surface area (Å²) in [6, 6.07) is 9.08. The molecule has 106 valence electrons. The minimum atomic E-state index is 0.454. The third kappa shape index (κ3) is 4.87. The summed E-state index contributed by atoms with van der Waals surface area (Å²) in [6.45, 7) is 7.76. The van der Waals surface area contributed by atoms with E-state index in [1.807, 2.05) is 0 Å². The van der Waals surface area contributed by atoms with Gasteiger partial charge in [-0.05, 0) is 55.8 Å². The number of hydrogen-bond donors (Lipinski definition) is 1. The standard InChI is InChI=1S/C17H27NO/c1-4-18-17(11-8-13(2)3)14-6-5-7-16(12-14)19-15-9-10-15/h5-7,12-13,15,17-18H,4,8-11H2,1-3H3. The van der Waals surface area contributed by atoms with Gasteiger partial charge in [-0.25, -0.2) is 0 Å². The first-order valence-electron chi connectivity index (χ1n) is 7.69. The van der Waals surface area contributed by atoms with Crippen LogP contribution in [0.1, 0.15) is 58.1 Å². The van der Waals surface area contributed by atoms with Gasteiger partial charge < -0.3 is 10.1 Å². The first-order valence-corrected chi connectivity index (χ1v) is 7.69. The maximum atomic E-state index is 5.89. The van der Waals surface area contributed by atoms with Crippen LogP contribution in [0, 0.1) is 5.92 Å². The number of benzene rings is 1. The highest BCUT2D eigenvalue weighted by molar-refractivity contribution is 5.31. The van der Waals surface area contributed by atoms with Crippen LogP contribution in [-0.4, -0.2) is 12.6 Å². The highest BCUT2D eigenvalue weighted by Crippen LogP contribution is 2.29. The second kappa shape index (κ2) is 6.95. The quantitative estimate of drug-likeness (QED) is 0.752. The largest absolute Gasteiger partial charge is 0.490 e. The monoisotopic (exact) mass is 261 g/mol. The molecule has 1 aromatic carbocycles. The van der Waals surface area contributed by atoms with Gasteiger partial charge in [-0.15, -0.1) is 0 Å². The third-order valence-electron chi connectivity index (χ3n) is 3.57. The predicted octanol–water partition coefficient (Wildman–Crippen LogP) is 4.31. The van der Waals surface area contributed by atoms with Gasteiger partial charge in [-0.2, -0.15) is 0 Å². The molecule has 1 unspecified atom stereocenters. The average molecular weight is 261 g/mol. The molecule has 1 atom stereocenters. The van der Waals surface area contributed by atoms with Crippen LogP contribution < -0.4 is 10.1 Å². The maximum Gasteiger partial charge on any atom is 0.120 e. The van der Waals surface area contributed by atoms with Crippen LogP contribution in [0.25, 0.3) is 0 Å². The lowest BCUT2D eigenvalue weighted by Crippen LogP contribution is -2.21. The molecule has 0 aromatic heterocycles. The number of ether oxygens (including phenoxy) is 1. The molecule has 1 fully saturated rings. The molecule has 19 heavy (non-hydrogen) atoms. The molecular weight excluding hydrogens is 234 g/mol. The lowest BCUT2D eigenvalue weighted by molar-refractivity contribution is 0.302. The molecule has 0 amide bonds. The molecule has 0 bridgehead atoms. The zero-order valence-electron chi connectivity index (χ0n) is 12.5. The van der Waals surface area contributed by atoms with Crippen molar-refractivity contribution in [2.24, 2.45) is 5.92 Å². The first kappa shape index (κ1) is 14.4. The van der Waals surface area contributed by atoms with Crippen molar-refractivity contribution in [1.29, 1.82) is 0 Å². The van der Waals surface area contributed by atoms with Crippen molar-refractivity contribution in [2.45, 2.75) is 58.6 Å². The summed E-state index contributed by atoms with van der Waals surface area (Å²) < 4.78 is 5.89. The molecule has 1 aliphatic carbocycles. The zero-order valence-corrected chi connectivity index (χ0v) is 12.5. The van der Waals surface area contributed by atoms with E-state index in [0.29, 0.717) is 12.1 Å². The molecule has 1 aliphatic rings. The SMILES string of the molecule is CCNC(CCC(C)C)c1cccc(OC2CC2)c1. The molecule has 2 nitrogen and oxygen atoms in total. The summed E-state index contributed by atoms with van der Waals surface area (Å²) in [5.74, 6) is 1.79. The summed E-state index contributed by atoms with van der Waals surface area (Å²) in [7, 11) is 0. The molecule has 0 radical (unpaired) electrons. The van der Waals surface area contributed by atoms with Crippen LogP contribution in [0.4, 0.5) is 0 Å². The Morgan fingerprint density at radius 3 is 2.68 bits per heavy atom. The van der Waals surface area contributed by atoms with E-state index in [2.05, 4.69) is 50.4 Å². The Hall–Kier alpha value is -1.02. The van der Waals surface area contributed by atoms with Crippen molar-refractivity contribution in [1.82, 2.24) is 5.32 Å². The van der Waals surface area contributed by atoms with E-state index in [-0.39, 0.29) is 0 Å². The Labute approximate surface area is 117 Å². The van der Waals surface area contributed by atoms with Gasteiger partial charge >= 0.3 is 0 Å². The molecule has 0 aliphatic heterocycles. The van der Waals surface area contributed by atoms with Gasteiger partial charge in [0.1, 0.15) is 5.75 Å². The first-order chi connectivity index (χ1) is 9.19. The van der Waals surface area contributed by atoms with Crippen LogP contribution >= 0.6 is 0 Å². The van der Waals surface area contributed by atoms with E-state index < -0.39 is 0 Å². The number of hydrogen-bond acceptors (Lipinski definition) is 2. The van der Waals surface area contributed by atoms with Crippen LogP contribution in [0.15, 0.2) is 24.3 Å². The van der Waals surface area contributed by atoms with Crippen molar-refractivity contribution < 1.29 is 4.74 Å². The second-order valence-corrected chi connectivity index (χ2v) is 5.97. The lowest BCUT2D eigenvalue weighted by atomic mass is 9.97. The smallest absolute Gasteiger partial charge is 0.120 e. The highest BCUT2D eigenvalue weighted by atomic mass is 16.5. The van der Waals surface area contributed by atoms with Crippen LogP contribution in [0.3, 0.4) is 0 Å². The van der Waals surface area contributed by atoms with E-state index >= 15 is 0 Å². The molecule has 2 heteroatoms. The van der Waals surface area contributed by atoms with E-state index in [1.165, 1.54) is 31.2 Å². The van der Waals surface area contributed by atoms with Crippen molar-refractivity contribution in [2.75, 3.05) is 6.54 Å². The van der Waals surface area contributed by atoms with E-state index in [9.17, 15) is 0 Å². The summed E-state index contributed by atoms with van der Waals surface area (Å²) in [4.78, 5) is 0. The van der Waals surface area contributed by atoms with Crippen molar-refractivity contribution >= 4 is 0 Å². The molecule has 1 aromatic rings. The minimum Gasteiger partial charge on any atom is -0.490 e. The van der Waals surface area contributed by atoms with Gasteiger partial charge in [0, 0.05) is 6.04 Å². The van der Waals surface area contributed by atoms with Gasteiger partial charge in [0.05, 0.1) is 6.10 Å². The Morgan fingerprint density at radius 2 is 2.05 bits per heavy atom. The fraction of sp³-hybridized carbons (Fsp3) is 0.647. The van der Waals surface area contributed by atoms with Crippen LogP contribution in [0.2, 0.25) is 0 Å². The van der Waals surface area contributed by atoms with E-state index in [0.717, 1.165) is 18.2 Å². The van der Waals surface area contributed by atoms with Gasteiger partial charge in [0.2, 0.25) is 0 Å². The summed E-state index contributed by atoms with van der Waals surface area (Å²) in [5, 5.41) is 3.59. The molecule has 0 spiro atoms. The minimum absolute atomic E-state index is 0.454. The Bertz CT molecular complexity index is 385. The fourth-order valence-electron chi connectivity index (χ4n) is 2.32. The van der Waals surface area contributed by atoms with Crippen molar-refractivity contribution in [3.63, 3.8) is 0 Å². The van der Waals surface area contributed by atoms with Gasteiger partial charge in [-0.1, -0.05) is 32.9 Å². The van der Waals surface area contributed by atoms with Crippen molar-refractivity contribution in [3.8, 4) is 5.75 Å². The van der Waals surface area contributed by atoms with Gasteiger partial charge in [0.15, 0.2) is 0 Å². The second-order valence-electron chi connectivity index (χ2n) is 5.97. The zero-order chi connectivity index (χ0) is 13.7. The number of nitrogens with one attached hydrogen (secondary N) is 1. The predicted molar refractivity (Wildman–Crippen MR) is 80.6 cm³/mol. The average Bonchev–Trinajstić information content (AvgIpc) is 3.18. The Kier molecular flexibility index (Phi) is 5.26. The molecular formula is C17H27NO. The molecule has 0 saturated heterocycles. The van der Waals surface area contributed by atoms with E-state index in [1.54, 1.807) is 0 Å². The Morgan fingerprint density at radius 1 is 1.26 bits per heavy atom. The normalized spacial score (nSPS) is 16.6. The van der Waals surface area contributed by atoms with Crippen LogP contribution in [0.5, 0.6) is 5.75 Å². The number of rotatable bonds is 8. The Balaban J connectivity index is 2.01. The molecule has 1 N–H and O–H groups in total. The summed E-state index contributed by atoms with van der Waals surface area (Å²) in [5.41, 5.74) is 1.36. The van der Waals surface area contributed by atoms with E-state index in [4.69, 9.17) is 4.74 Å². The fourth-order valence-corrected chi connectivity index (χ4v) is 2.32. The van der Waals surface area contributed by atoms with Gasteiger partial charge in [0.25, 0.3) is 0 Å². The molecule has 0 heterocycles. The third-order valence-corrected chi connectivity index (χ3v) is 3.57.